The number of hydrogen-bond donors (Lipinski definition) is 1. The third-order valence-electron chi connectivity index (χ3n) is 6.59. The molecular formula is C22H30N9O2P. The third kappa shape index (κ3) is 3.88. The van der Waals surface area contributed by atoms with Crippen molar-refractivity contribution in [2.75, 3.05) is 27.2 Å². The minimum Gasteiger partial charge on any atom is -0.322 e. The standard InChI is InChI=1S/C22H30N9O2P/c1-5-18(6-2)29-12-17(10-25-29)22-21-7-8-23-31(21)15-20(26-22)16-9-24-30(11-16)19-13-28(14-19)34(32,33)27(3)4/h7-12,15,18-19H,5-6,13-14H2,1-4H3,(H,32,33). The second kappa shape index (κ2) is 8.74. The van der Waals surface area contributed by atoms with E-state index in [-0.39, 0.29) is 6.04 Å². The second-order valence-electron chi connectivity index (χ2n) is 8.91. The first-order valence-electron chi connectivity index (χ1n) is 11.5. The van der Waals surface area contributed by atoms with Crippen LogP contribution in [-0.2, 0) is 4.57 Å². The Morgan fingerprint density at radius 2 is 1.82 bits per heavy atom. The molecule has 5 rings (SSSR count). The van der Waals surface area contributed by atoms with Gasteiger partial charge < -0.3 is 4.89 Å². The average Bonchev–Trinajstić information content (AvgIpc) is 3.53. The minimum absolute atomic E-state index is 0.0420. The molecule has 12 heteroatoms. The van der Waals surface area contributed by atoms with Gasteiger partial charge in [-0.3, -0.25) is 13.9 Å². The largest absolute Gasteiger partial charge is 0.343 e. The first-order chi connectivity index (χ1) is 16.3. The van der Waals surface area contributed by atoms with Gasteiger partial charge in [0, 0.05) is 36.6 Å². The van der Waals surface area contributed by atoms with E-state index in [1.807, 2.05) is 38.5 Å². The summed E-state index contributed by atoms with van der Waals surface area (Å²) in [7, 11) is -0.227. The molecule has 0 bridgehead atoms. The fraction of sp³-hybridized carbons (Fsp3) is 0.455. The van der Waals surface area contributed by atoms with Crippen molar-refractivity contribution in [2.24, 2.45) is 0 Å². The van der Waals surface area contributed by atoms with Gasteiger partial charge in [-0.1, -0.05) is 13.8 Å². The first kappa shape index (κ1) is 22.9. The SMILES string of the molecule is CCC(CC)n1cc(-c2nc(-c3cnn(C4CN(P(=O)(O)N(C)C)C4)c3)cn3nccc23)cn1. The van der Waals surface area contributed by atoms with Crippen LogP contribution in [0, 0.1) is 0 Å². The van der Waals surface area contributed by atoms with Crippen LogP contribution < -0.4 is 0 Å². The summed E-state index contributed by atoms with van der Waals surface area (Å²) in [4.78, 5) is 15.2. The lowest BCUT2D eigenvalue weighted by Crippen LogP contribution is -2.47. The second-order valence-corrected chi connectivity index (χ2v) is 11.3. The Morgan fingerprint density at radius 3 is 2.53 bits per heavy atom. The van der Waals surface area contributed by atoms with Crippen molar-refractivity contribution in [2.45, 2.75) is 38.8 Å². The summed E-state index contributed by atoms with van der Waals surface area (Å²) in [6.07, 6.45) is 13.3. The summed E-state index contributed by atoms with van der Waals surface area (Å²) in [6.45, 7) is 5.28. The van der Waals surface area contributed by atoms with Gasteiger partial charge in [0.2, 0.25) is 0 Å². The Hall–Kier alpha value is -2.85. The molecule has 0 radical (unpaired) electrons. The van der Waals surface area contributed by atoms with Crippen LogP contribution in [0.1, 0.15) is 38.8 Å². The molecule has 1 N–H and O–H groups in total. The summed E-state index contributed by atoms with van der Waals surface area (Å²) >= 11 is 0. The molecule has 1 aliphatic heterocycles. The monoisotopic (exact) mass is 483 g/mol. The van der Waals surface area contributed by atoms with Crippen LogP contribution in [0.2, 0.25) is 0 Å². The van der Waals surface area contributed by atoms with Crippen molar-refractivity contribution < 1.29 is 9.46 Å². The highest BCUT2D eigenvalue weighted by Gasteiger charge is 2.41. The normalized spacial score (nSPS) is 17.0. The van der Waals surface area contributed by atoms with Gasteiger partial charge >= 0.3 is 7.67 Å². The Morgan fingerprint density at radius 1 is 1.09 bits per heavy atom. The molecule has 11 nitrogen and oxygen atoms in total. The maximum atomic E-state index is 12.4. The Bertz CT molecular complexity index is 1350. The molecule has 0 aliphatic carbocycles. The van der Waals surface area contributed by atoms with Crippen LogP contribution in [0.5, 0.6) is 0 Å². The topological polar surface area (TPSA) is 110 Å². The molecule has 4 aromatic heterocycles. The van der Waals surface area contributed by atoms with E-state index in [9.17, 15) is 9.46 Å². The average molecular weight is 484 g/mol. The lowest BCUT2D eigenvalue weighted by atomic mass is 10.1. The molecular weight excluding hydrogens is 453 g/mol. The molecule has 4 aromatic rings. The molecule has 5 heterocycles. The van der Waals surface area contributed by atoms with Gasteiger partial charge in [0.05, 0.1) is 53.8 Å². The van der Waals surface area contributed by atoms with Crippen molar-refractivity contribution >= 4 is 13.2 Å². The highest BCUT2D eigenvalue weighted by atomic mass is 31.2. The van der Waals surface area contributed by atoms with Crippen molar-refractivity contribution in [3.63, 3.8) is 0 Å². The fourth-order valence-electron chi connectivity index (χ4n) is 4.34. The van der Waals surface area contributed by atoms with Crippen LogP contribution >= 0.6 is 7.67 Å². The lowest BCUT2D eigenvalue weighted by molar-refractivity contribution is 0.156. The molecule has 1 aliphatic rings. The number of rotatable bonds is 8. The van der Waals surface area contributed by atoms with Crippen LogP contribution in [0.4, 0.5) is 0 Å². The van der Waals surface area contributed by atoms with Crippen molar-refractivity contribution in [1.29, 1.82) is 0 Å². The molecule has 180 valence electrons. The lowest BCUT2D eigenvalue weighted by Gasteiger charge is -2.42. The van der Waals surface area contributed by atoms with Gasteiger partial charge in [-0.05, 0) is 33.0 Å². The van der Waals surface area contributed by atoms with E-state index in [0.29, 0.717) is 19.1 Å². The molecule has 34 heavy (non-hydrogen) atoms. The minimum atomic E-state index is -3.46. The van der Waals surface area contributed by atoms with Gasteiger partial charge in [-0.2, -0.15) is 15.3 Å². The van der Waals surface area contributed by atoms with E-state index < -0.39 is 7.67 Å². The third-order valence-corrected chi connectivity index (χ3v) is 8.69. The van der Waals surface area contributed by atoms with E-state index in [1.54, 1.807) is 31.2 Å². The smallest absolute Gasteiger partial charge is 0.322 e. The summed E-state index contributed by atoms with van der Waals surface area (Å²) in [5, 5.41) is 13.5. The van der Waals surface area contributed by atoms with Gasteiger partial charge in [0.25, 0.3) is 0 Å². The predicted molar refractivity (Wildman–Crippen MR) is 129 cm³/mol. The van der Waals surface area contributed by atoms with Crippen molar-refractivity contribution in [3.05, 3.63) is 43.2 Å². The summed E-state index contributed by atoms with van der Waals surface area (Å²) in [6, 6.07) is 2.35. The Labute approximate surface area is 198 Å². The molecule has 0 amide bonds. The number of fused-ring (bicyclic) bond motifs is 1. The number of hydrogen-bond acceptors (Lipinski definition) is 5. The van der Waals surface area contributed by atoms with Gasteiger partial charge in [0.15, 0.2) is 0 Å². The maximum absolute atomic E-state index is 12.4. The molecule has 1 saturated heterocycles. The quantitative estimate of drug-likeness (QED) is 0.380. The van der Waals surface area contributed by atoms with Crippen LogP contribution in [0.25, 0.3) is 28.0 Å². The van der Waals surface area contributed by atoms with Gasteiger partial charge in [-0.15, -0.1) is 0 Å². The zero-order chi connectivity index (χ0) is 24.0. The van der Waals surface area contributed by atoms with E-state index in [2.05, 4.69) is 35.3 Å². The number of nitrogens with zero attached hydrogens (tertiary/aromatic N) is 9. The molecule has 0 spiro atoms. The summed E-state index contributed by atoms with van der Waals surface area (Å²) < 4.78 is 21.1. The highest BCUT2D eigenvalue weighted by Crippen LogP contribution is 2.51. The molecule has 1 atom stereocenters. The van der Waals surface area contributed by atoms with E-state index >= 15 is 0 Å². The molecule has 1 unspecified atom stereocenters. The van der Waals surface area contributed by atoms with Gasteiger partial charge in [-0.25, -0.2) is 18.8 Å². The fourth-order valence-corrected chi connectivity index (χ4v) is 5.65. The zero-order valence-electron chi connectivity index (χ0n) is 19.9. The summed E-state index contributed by atoms with van der Waals surface area (Å²) in [5.41, 5.74) is 4.30. The zero-order valence-corrected chi connectivity index (χ0v) is 20.7. The Balaban J connectivity index is 1.43. The van der Waals surface area contributed by atoms with Crippen LogP contribution in [-0.4, -0.2) is 75.6 Å². The predicted octanol–water partition coefficient (Wildman–Crippen LogP) is 3.34. The van der Waals surface area contributed by atoms with E-state index in [0.717, 1.165) is 40.9 Å². The van der Waals surface area contributed by atoms with Crippen molar-refractivity contribution in [3.8, 4) is 22.5 Å². The van der Waals surface area contributed by atoms with E-state index in [1.165, 1.54) is 4.67 Å². The van der Waals surface area contributed by atoms with Crippen molar-refractivity contribution in [1.82, 2.24) is 43.5 Å². The highest BCUT2D eigenvalue weighted by molar-refractivity contribution is 7.52. The first-order valence-corrected chi connectivity index (χ1v) is 13.1. The van der Waals surface area contributed by atoms with Gasteiger partial charge in [0.1, 0.15) is 0 Å². The maximum Gasteiger partial charge on any atom is 0.343 e. The molecule has 1 fully saturated rings. The molecule has 0 saturated carbocycles. The molecule has 0 aromatic carbocycles. The Kier molecular flexibility index (Phi) is 5.89. The van der Waals surface area contributed by atoms with E-state index in [4.69, 9.17) is 4.98 Å². The van der Waals surface area contributed by atoms with Crippen LogP contribution in [0.3, 0.4) is 0 Å². The number of aromatic nitrogens is 7. The summed E-state index contributed by atoms with van der Waals surface area (Å²) in [5.74, 6) is 0. The van der Waals surface area contributed by atoms with Crippen LogP contribution in [0.15, 0.2) is 43.2 Å².